The van der Waals surface area contributed by atoms with E-state index in [0.29, 0.717) is 30.8 Å². The number of thiophene rings is 1. The lowest BCUT2D eigenvalue weighted by Crippen LogP contribution is -2.51. The molecule has 0 bridgehead atoms. The average Bonchev–Trinajstić information content (AvgIpc) is 3.44. The van der Waals surface area contributed by atoms with E-state index in [-0.39, 0.29) is 34.3 Å². The van der Waals surface area contributed by atoms with Crippen LogP contribution in [0.3, 0.4) is 0 Å². The van der Waals surface area contributed by atoms with Crippen LogP contribution in [0.5, 0.6) is 0 Å². The second-order valence-electron chi connectivity index (χ2n) is 9.83. The van der Waals surface area contributed by atoms with E-state index < -0.39 is 0 Å². The van der Waals surface area contributed by atoms with Crippen LogP contribution in [0.4, 0.5) is 4.79 Å². The maximum atomic E-state index is 13.3. The van der Waals surface area contributed by atoms with E-state index in [1.165, 1.54) is 0 Å². The van der Waals surface area contributed by atoms with Gasteiger partial charge in [-0.3, -0.25) is 9.78 Å². The van der Waals surface area contributed by atoms with Crippen molar-refractivity contribution in [3.63, 3.8) is 0 Å². The van der Waals surface area contributed by atoms with Crippen molar-refractivity contribution >= 4 is 46.5 Å². The second-order valence-corrected chi connectivity index (χ2v) is 11.4. The number of pyridine rings is 2. The van der Waals surface area contributed by atoms with Crippen LogP contribution in [0.15, 0.2) is 47.3 Å². The summed E-state index contributed by atoms with van der Waals surface area (Å²) in [6, 6.07) is 9.78. The van der Waals surface area contributed by atoms with Gasteiger partial charge in [-0.2, -0.15) is 11.3 Å². The second kappa shape index (κ2) is 14.1. The van der Waals surface area contributed by atoms with Crippen molar-refractivity contribution < 1.29 is 9.59 Å². The van der Waals surface area contributed by atoms with E-state index in [9.17, 15) is 9.59 Å². The molecule has 1 fully saturated rings. The lowest BCUT2D eigenvalue weighted by Gasteiger charge is -2.40. The van der Waals surface area contributed by atoms with E-state index in [1.807, 2.05) is 28.5 Å². The average molecular weight is 590 g/mol. The zero-order chi connectivity index (χ0) is 27.8. The summed E-state index contributed by atoms with van der Waals surface area (Å²) >= 11 is 13.7. The first-order valence-electron chi connectivity index (χ1n) is 13.1. The standard InChI is InChI=1S/C28H34Cl2N6O2S/c1-19-15-24(29)34-26(30)25(19)27(37)32-11-6-20(2)35-12-7-23(8-13-35)36(17-21-9-14-39-18-21)28(38)33-16-22-5-3-4-10-31-22/h3-5,9-10,14-15,18,20,23H,6-8,11-13,16-17H2,1-2H3,(H,32,37)(H,33,38)/t20-/m1/s1. The highest BCUT2D eigenvalue weighted by atomic mass is 35.5. The maximum absolute atomic E-state index is 13.3. The summed E-state index contributed by atoms with van der Waals surface area (Å²) in [5, 5.41) is 10.5. The summed E-state index contributed by atoms with van der Waals surface area (Å²) in [6.07, 6.45) is 4.32. The number of amides is 3. The van der Waals surface area contributed by atoms with Gasteiger partial charge in [0.25, 0.3) is 5.91 Å². The number of carbonyl (C=O) groups is 2. The maximum Gasteiger partial charge on any atom is 0.318 e. The summed E-state index contributed by atoms with van der Waals surface area (Å²) in [5.74, 6) is -0.242. The van der Waals surface area contributed by atoms with Crippen molar-refractivity contribution in [1.82, 2.24) is 30.4 Å². The molecule has 0 saturated carbocycles. The summed E-state index contributed by atoms with van der Waals surface area (Å²) < 4.78 is 0. The molecule has 1 aliphatic heterocycles. The molecule has 3 aromatic heterocycles. The third-order valence-corrected chi connectivity index (χ3v) is 8.32. The fraction of sp³-hybridized carbons (Fsp3) is 0.429. The van der Waals surface area contributed by atoms with Gasteiger partial charge in [-0.05, 0) is 79.3 Å². The molecule has 1 saturated heterocycles. The normalized spacial score (nSPS) is 15.1. The molecule has 3 aromatic rings. The number of nitrogens with one attached hydrogen (secondary N) is 2. The van der Waals surface area contributed by atoms with Crippen LogP contribution in [0.2, 0.25) is 10.3 Å². The van der Waals surface area contributed by atoms with Gasteiger partial charge in [-0.15, -0.1) is 0 Å². The summed E-state index contributed by atoms with van der Waals surface area (Å²) in [6.45, 7) is 7.26. The van der Waals surface area contributed by atoms with Gasteiger partial charge < -0.3 is 20.4 Å². The molecular weight excluding hydrogens is 555 g/mol. The van der Waals surface area contributed by atoms with Crippen molar-refractivity contribution in [3.8, 4) is 0 Å². The SMILES string of the molecule is Cc1cc(Cl)nc(Cl)c1C(=O)NCC[C@@H](C)N1CCC(N(Cc2ccsc2)C(=O)NCc2ccccn2)CC1. The van der Waals surface area contributed by atoms with Gasteiger partial charge >= 0.3 is 6.03 Å². The van der Waals surface area contributed by atoms with E-state index in [1.54, 1.807) is 30.5 Å². The number of aryl methyl sites for hydroxylation is 1. The predicted octanol–water partition coefficient (Wildman–Crippen LogP) is 5.54. The fourth-order valence-corrected chi connectivity index (χ4v) is 6.17. The number of aromatic nitrogens is 2. The number of rotatable bonds is 10. The summed E-state index contributed by atoms with van der Waals surface area (Å²) in [7, 11) is 0. The molecule has 0 spiro atoms. The molecule has 4 rings (SSSR count). The van der Waals surface area contributed by atoms with Crippen molar-refractivity contribution in [2.45, 2.75) is 58.3 Å². The third-order valence-electron chi connectivity index (χ3n) is 7.12. The molecule has 39 heavy (non-hydrogen) atoms. The molecule has 3 amide bonds. The highest BCUT2D eigenvalue weighted by Crippen LogP contribution is 2.23. The van der Waals surface area contributed by atoms with Crippen molar-refractivity contribution in [2.75, 3.05) is 19.6 Å². The van der Waals surface area contributed by atoms with Gasteiger partial charge in [0.05, 0.1) is 17.8 Å². The Bertz CT molecular complexity index is 1210. The zero-order valence-electron chi connectivity index (χ0n) is 22.2. The van der Waals surface area contributed by atoms with E-state index in [0.717, 1.165) is 43.6 Å². The highest BCUT2D eigenvalue weighted by Gasteiger charge is 2.30. The Morgan fingerprint density at radius 3 is 2.67 bits per heavy atom. The molecule has 0 unspecified atom stereocenters. The number of urea groups is 1. The zero-order valence-corrected chi connectivity index (χ0v) is 24.5. The first-order valence-corrected chi connectivity index (χ1v) is 14.8. The predicted molar refractivity (Wildman–Crippen MR) is 156 cm³/mol. The van der Waals surface area contributed by atoms with Gasteiger partial charge in [0.15, 0.2) is 0 Å². The van der Waals surface area contributed by atoms with Gasteiger partial charge in [-0.1, -0.05) is 29.3 Å². The molecule has 0 aromatic carbocycles. The van der Waals surface area contributed by atoms with Crippen LogP contribution >= 0.6 is 34.5 Å². The van der Waals surface area contributed by atoms with Gasteiger partial charge in [0, 0.05) is 44.5 Å². The Balaban J connectivity index is 1.27. The van der Waals surface area contributed by atoms with E-state index in [4.69, 9.17) is 23.2 Å². The molecule has 1 aliphatic rings. The summed E-state index contributed by atoms with van der Waals surface area (Å²) in [5.41, 5.74) is 3.04. The van der Waals surface area contributed by atoms with Crippen LogP contribution in [0.1, 0.15) is 53.4 Å². The van der Waals surface area contributed by atoms with Crippen LogP contribution in [0, 0.1) is 6.92 Å². The fourth-order valence-electron chi connectivity index (χ4n) is 4.89. The number of nitrogens with zero attached hydrogens (tertiary/aromatic N) is 4. The molecule has 0 radical (unpaired) electrons. The van der Waals surface area contributed by atoms with Crippen LogP contribution in [0.25, 0.3) is 0 Å². The first kappa shape index (κ1) is 29.3. The van der Waals surface area contributed by atoms with Crippen molar-refractivity contribution in [3.05, 3.63) is 80.0 Å². The molecule has 1 atom stereocenters. The first-order chi connectivity index (χ1) is 18.8. The van der Waals surface area contributed by atoms with Crippen LogP contribution in [-0.2, 0) is 13.1 Å². The number of halogens is 2. The largest absolute Gasteiger partial charge is 0.352 e. The Morgan fingerprint density at radius 1 is 1.21 bits per heavy atom. The number of carbonyl (C=O) groups excluding carboxylic acids is 2. The van der Waals surface area contributed by atoms with Crippen molar-refractivity contribution in [1.29, 1.82) is 0 Å². The van der Waals surface area contributed by atoms with Gasteiger partial charge in [0.2, 0.25) is 0 Å². The monoisotopic (exact) mass is 588 g/mol. The molecule has 2 N–H and O–H groups in total. The minimum atomic E-state index is -0.242. The summed E-state index contributed by atoms with van der Waals surface area (Å²) in [4.78, 5) is 38.6. The number of piperidine rings is 1. The van der Waals surface area contributed by atoms with E-state index in [2.05, 4.69) is 43.9 Å². The smallest absolute Gasteiger partial charge is 0.318 e. The van der Waals surface area contributed by atoms with E-state index >= 15 is 0 Å². The van der Waals surface area contributed by atoms with Crippen LogP contribution < -0.4 is 10.6 Å². The Morgan fingerprint density at radius 2 is 2.00 bits per heavy atom. The lowest BCUT2D eigenvalue weighted by molar-refractivity contribution is 0.0903. The molecule has 11 heteroatoms. The Labute approximate surface area is 243 Å². The lowest BCUT2D eigenvalue weighted by atomic mass is 10.0. The van der Waals surface area contributed by atoms with Gasteiger partial charge in [0.1, 0.15) is 10.3 Å². The number of hydrogen-bond donors (Lipinski definition) is 2. The van der Waals surface area contributed by atoms with Crippen LogP contribution in [-0.4, -0.2) is 63.4 Å². The molecule has 0 aliphatic carbocycles. The van der Waals surface area contributed by atoms with Crippen molar-refractivity contribution in [2.24, 2.45) is 0 Å². The van der Waals surface area contributed by atoms with Gasteiger partial charge in [-0.25, -0.2) is 9.78 Å². The Hall–Kier alpha value is -2.72. The topological polar surface area (TPSA) is 90.5 Å². The molecular formula is C28H34Cl2N6O2S. The number of hydrogen-bond acceptors (Lipinski definition) is 6. The minimum Gasteiger partial charge on any atom is -0.352 e. The molecule has 208 valence electrons. The molecule has 8 nitrogen and oxygen atoms in total. The Kier molecular flexibility index (Phi) is 10.6. The number of likely N-dealkylation sites (tertiary alicyclic amines) is 1. The minimum absolute atomic E-state index is 0.0632. The quantitative estimate of drug-likeness (QED) is 0.303. The third kappa shape index (κ3) is 8.14. The molecule has 4 heterocycles. The highest BCUT2D eigenvalue weighted by molar-refractivity contribution is 7.07.